The first kappa shape index (κ1) is 42.3. The topological polar surface area (TPSA) is 176 Å². The maximum atomic E-state index is 14.6. The number of rotatable bonds is 18. The molecule has 1 aromatic heterocycles. The van der Waals surface area contributed by atoms with Crippen molar-refractivity contribution in [1.29, 1.82) is 0 Å². The first-order chi connectivity index (χ1) is 29.1. The van der Waals surface area contributed by atoms with E-state index in [1.54, 1.807) is 27.6 Å². The van der Waals surface area contributed by atoms with E-state index in [9.17, 15) is 28.8 Å². The van der Waals surface area contributed by atoms with Gasteiger partial charge in [0.15, 0.2) is 0 Å². The van der Waals surface area contributed by atoms with Crippen molar-refractivity contribution in [1.82, 2.24) is 30.3 Å². The zero-order valence-corrected chi connectivity index (χ0v) is 34.4. The number of piperazine rings is 1. The molecule has 1 aliphatic carbocycles. The van der Waals surface area contributed by atoms with E-state index in [0.29, 0.717) is 37.0 Å². The number of carbonyl (C=O) groups excluding carboxylic acids is 6. The Hall–Kier alpha value is -5.82. The van der Waals surface area contributed by atoms with Gasteiger partial charge in [0, 0.05) is 50.5 Å². The van der Waals surface area contributed by atoms with Crippen LogP contribution < -0.4 is 21.7 Å². The number of carbonyl (C=O) groups is 6. The molecule has 3 aliphatic heterocycles. The molecule has 13 nitrogen and oxygen atoms in total. The standard InChI is InChI=1S/C47H57N7O6/c1-52(29-32-16-8-5-9-17-32)46(59)38(26-31-14-6-4-7-15-31)50-44(57)37(27-34-30-53(40-19-12-11-18-36(34)40)42(56)20-10-2-3-13-25-48)49-41(55)28-39-47(60)54-35-23-21-33(22-24-35)43(54)45(58)51-39/h4-9,11-12,14-19,30,33,35,37-39,43H,2-3,10,13,20-29,48H2,1H3,(H,49,55)(H,50,57)(H,51,58). The quantitative estimate of drug-likeness (QED) is 0.109. The third-order valence-corrected chi connectivity index (χ3v) is 12.4. The van der Waals surface area contributed by atoms with Crippen LogP contribution in [0.3, 0.4) is 0 Å². The monoisotopic (exact) mass is 815 g/mol. The normalized spacial score (nSPS) is 20.5. The van der Waals surface area contributed by atoms with Crippen molar-refractivity contribution in [3.8, 4) is 0 Å². The number of para-hydroxylation sites is 1. The molecule has 1 saturated carbocycles. The maximum Gasteiger partial charge on any atom is 0.246 e. The molecule has 5 N–H and O–H groups in total. The van der Waals surface area contributed by atoms with Crippen LogP contribution in [-0.4, -0.2) is 93.6 Å². The van der Waals surface area contributed by atoms with Crippen LogP contribution in [0, 0.1) is 5.92 Å². The molecule has 3 aromatic carbocycles. The van der Waals surface area contributed by atoms with Gasteiger partial charge in [-0.25, -0.2) is 0 Å². The summed E-state index contributed by atoms with van der Waals surface area (Å²) in [6.45, 7) is 0.934. The number of nitrogens with zero attached hydrogens (tertiary/aromatic N) is 3. The van der Waals surface area contributed by atoms with Gasteiger partial charge in [-0.15, -0.1) is 0 Å². The van der Waals surface area contributed by atoms with Crippen LogP contribution in [0.2, 0.25) is 0 Å². The molecule has 4 aliphatic rings. The van der Waals surface area contributed by atoms with Gasteiger partial charge in [-0.3, -0.25) is 33.3 Å². The van der Waals surface area contributed by atoms with E-state index < -0.39 is 36.0 Å². The summed E-state index contributed by atoms with van der Waals surface area (Å²) in [6, 6.07) is 22.6. The van der Waals surface area contributed by atoms with Crippen molar-refractivity contribution in [2.24, 2.45) is 11.7 Å². The minimum absolute atomic E-state index is 0.0100. The van der Waals surface area contributed by atoms with Crippen LogP contribution in [0.4, 0.5) is 0 Å². The second-order valence-electron chi connectivity index (χ2n) is 16.7. The zero-order valence-electron chi connectivity index (χ0n) is 34.4. The van der Waals surface area contributed by atoms with E-state index in [0.717, 1.165) is 61.5 Å². The number of nitrogens with two attached hydrogens (primary N) is 1. The van der Waals surface area contributed by atoms with Crippen molar-refractivity contribution < 1.29 is 28.8 Å². The van der Waals surface area contributed by atoms with Gasteiger partial charge in [0.1, 0.15) is 24.2 Å². The van der Waals surface area contributed by atoms with Gasteiger partial charge in [0.05, 0.1) is 11.9 Å². The summed E-state index contributed by atoms with van der Waals surface area (Å²) >= 11 is 0. The summed E-state index contributed by atoms with van der Waals surface area (Å²) in [5, 5.41) is 9.44. The van der Waals surface area contributed by atoms with Gasteiger partial charge >= 0.3 is 0 Å². The molecule has 4 atom stereocenters. The number of hydrogen-bond donors (Lipinski definition) is 4. The summed E-state index contributed by atoms with van der Waals surface area (Å²) < 4.78 is 1.61. The average molecular weight is 816 g/mol. The molecule has 3 saturated heterocycles. The number of aromatic nitrogens is 1. The molecular formula is C47H57N7O6. The number of likely N-dealkylation sites (N-methyl/N-ethyl adjacent to an activating group) is 1. The summed E-state index contributed by atoms with van der Waals surface area (Å²) in [5.74, 6) is -1.98. The summed E-state index contributed by atoms with van der Waals surface area (Å²) in [7, 11) is 1.69. The Balaban J connectivity index is 1.15. The molecule has 2 bridgehead atoms. The third kappa shape index (κ3) is 9.79. The van der Waals surface area contributed by atoms with Crippen molar-refractivity contribution in [3.63, 3.8) is 0 Å². The first-order valence-electron chi connectivity index (χ1n) is 21.5. The number of hydrogen-bond acceptors (Lipinski definition) is 7. The van der Waals surface area contributed by atoms with Crippen LogP contribution in [0.15, 0.2) is 91.1 Å². The molecule has 4 aromatic rings. The highest BCUT2D eigenvalue weighted by atomic mass is 16.2. The second-order valence-corrected chi connectivity index (χ2v) is 16.7. The molecular weight excluding hydrogens is 759 g/mol. The van der Waals surface area contributed by atoms with Gasteiger partial charge in [0.25, 0.3) is 0 Å². The van der Waals surface area contributed by atoms with Gasteiger partial charge in [-0.05, 0) is 73.7 Å². The van der Waals surface area contributed by atoms with Gasteiger partial charge in [-0.1, -0.05) is 91.7 Å². The van der Waals surface area contributed by atoms with Crippen LogP contribution >= 0.6 is 0 Å². The summed E-state index contributed by atoms with van der Waals surface area (Å²) in [4.78, 5) is 86.9. The highest BCUT2D eigenvalue weighted by Gasteiger charge is 2.52. The molecule has 5 amide bonds. The lowest BCUT2D eigenvalue weighted by molar-refractivity contribution is -0.163. The van der Waals surface area contributed by atoms with Crippen molar-refractivity contribution in [2.75, 3.05) is 13.6 Å². The third-order valence-electron chi connectivity index (χ3n) is 12.4. The second kappa shape index (κ2) is 19.5. The van der Waals surface area contributed by atoms with E-state index >= 15 is 0 Å². The number of fused-ring (bicyclic) bond motifs is 3. The minimum Gasteiger partial charge on any atom is -0.344 e. The Bertz CT molecular complexity index is 2170. The fourth-order valence-electron chi connectivity index (χ4n) is 9.35. The van der Waals surface area contributed by atoms with Crippen molar-refractivity contribution in [3.05, 3.63) is 108 Å². The van der Waals surface area contributed by atoms with Crippen LogP contribution in [0.25, 0.3) is 10.9 Å². The molecule has 8 rings (SSSR count). The molecule has 4 unspecified atom stereocenters. The lowest BCUT2D eigenvalue weighted by atomic mass is 9.73. The predicted octanol–water partition coefficient (Wildman–Crippen LogP) is 4.26. The predicted molar refractivity (Wildman–Crippen MR) is 228 cm³/mol. The van der Waals surface area contributed by atoms with Crippen LogP contribution in [0.1, 0.15) is 85.7 Å². The molecule has 316 valence electrons. The molecule has 60 heavy (non-hydrogen) atoms. The van der Waals surface area contributed by atoms with Crippen molar-refractivity contribution >= 4 is 46.3 Å². The average Bonchev–Trinajstić information content (AvgIpc) is 3.63. The Morgan fingerprint density at radius 1 is 0.800 bits per heavy atom. The van der Waals surface area contributed by atoms with E-state index in [-0.39, 0.29) is 54.9 Å². The highest BCUT2D eigenvalue weighted by Crippen LogP contribution is 2.41. The number of piperidine rings is 2. The summed E-state index contributed by atoms with van der Waals surface area (Å²) in [6.07, 6.45) is 8.85. The molecule has 4 fully saturated rings. The highest BCUT2D eigenvalue weighted by molar-refractivity contribution is 6.01. The summed E-state index contributed by atoms with van der Waals surface area (Å²) in [5.41, 5.74) is 8.76. The Morgan fingerprint density at radius 3 is 2.18 bits per heavy atom. The lowest BCUT2D eigenvalue weighted by Crippen LogP contribution is -2.71. The zero-order chi connectivity index (χ0) is 42.2. The maximum absolute atomic E-state index is 14.6. The van der Waals surface area contributed by atoms with Crippen LogP contribution in [-0.2, 0) is 43.4 Å². The number of benzene rings is 3. The Kier molecular flexibility index (Phi) is 13.7. The van der Waals surface area contributed by atoms with Gasteiger partial charge in [0.2, 0.25) is 35.4 Å². The van der Waals surface area contributed by atoms with E-state index in [2.05, 4.69) is 16.0 Å². The fraction of sp³-hybridized carbons (Fsp3) is 0.447. The number of unbranched alkanes of at least 4 members (excludes halogenated alkanes) is 3. The lowest BCUT2D eigenvalue weighted by Gasteiger charge is -2.53. The van der Waals surface area contributed by atoms with Gasteiger partial charge in [-0.2, -0.15) is 0 Å². The fourth-order valence-corrected chi connectivity index (χ4v) is 9.35. The molecule has 0 spiro atoms. The molecule has 4 heterocycles. The van der Waals surface area contributed by atoms with Crippen LogP contribution in [0.5, 0.6) is 0 Å². The number of nitrogens with one attached hydrogen (secondary N) is 3. The first-order valence-corrected chi connectivity index (χ1v) is 21.5. The Morgan fingerprint density at radius 2 is 1.47 bits per heavy atom. The number of amides is 5. The van der Waals surface area contributed by atoms with Crippen molar-refractivity contribution in [2.45, 2.75) is 114 Å². The molecule has 13 heteroatoms. The molecule has 0 radical (unpaired) electrons. The largest absolute Gasteiger partial charge is 0.344 e. The smallest absolute Gasteiger partial charge is 0.246 e. The minimum atomic E-state index is -1.21. The Labute approximate surface area is 351 Å². The SMILES string of the molecule is CN(Cc1ccccc1)C(=O)C(Cc1ccccc1)NC(=O)C(Cc1cn(C(=O)CCCCCCN)c2ccccc12)NC(=O)CC1NC(=O)C2C3CCC(CC3)N2C1=O. The van der Waals surface area contributed by atoms with Gasteiger partial charge < -0.3 is 31.5 Å². The van der Waals surface area contributed by atoms with E-state index in [1.807, 2.05) is 84.9 Å². The van der Waals surface area contributed by atoms with E-state index in [1.165, 1.54) is 0 Å². The van der Waals surface area contributed by atoms with E-state index in [4.69, 9.17) is 5.73 Å².